The third kappa shape index (κ3) is 4.44. The van der Waals surface area contributed by atoms with Crippen molar-refractivity contribution < 1.29 is 9.53 Å². The van der Waals surface area contributed by atoms with Crippen molar-refractivity contribution in [2.45, 2.75) is 32.4 Å². The molecule has 1 aromatic carbocycles. The van der Waals surface area contributed by atoms with E-state index in [1.807, 2.05) is 26.0 Å². The molecule has 0 aliphatic carbocycles. The van der Waals surface area contributed by atoms with E-state index in [2.05, 4.69) is 24.4 Å². The Morgan fingerprint density at radius 1 is 1.48 bits per heavy atom. The number of aryl methyl sites for hydroxylation is 1. The standard InChI is InChI=1S/C16H25N3O2/c1-12-6-4-5-7-13(12)14-10-19(8-9-21-14)15(20)18-11-16(2,3)17/h4-7,14H,8-11,17H2,1-3H3,(H,18,20). The van der Waals surface area contributed by atoms with Gasteiger partial charge in [-0.1, -0.05) is 24.3 Å². The van der Waals surface area contributed by atoms with Gasteiger partial charge in [-0.3, -0.25) is 0 Å². The summed E-state index contributed by atoms with van der Waals surface area (Å²) in [6.45, 7) is 8.04. The summed E-state index contributed by atoms with van der Waals surface area (Å²) in [6, 6.07) is 8.06. The minimum Gasteiger partial charge on any atom is -0.370 e. The van der Waals surface area contributed by atoms with Crippen molar-refractivity contribution >= 4 is 6.03 Å². The van der Waals surface area contributed by atoms with Crippen LogP contribution in [0, 0.1) is 6.92 Å². The fraction of sp³-hybridized carbons (Fsp3) is 0.562. The van der Waals surface area contributed by atoms with E-state index in [4.69, 9.17) is 10.5 Å². The number of nitrogens with one attached hydrogen (secondary N) is 1. The molecule has 0 bridgehead atoms. The molecule has 0 saturated carbocycles. The number of amides is 2. The van der Waals surface area contributed by atoms with E-state index in [-0.39, 0.29) is 12.1 Å². The first kappa shape index (κ1) is 15.8. The molecule has 3 N–H and O–H groups in total. The SMILES string of the molecule is Cc1ccccc1C1CN(C(=O)NCC(C)(C)N)CCO1. The molecule has 1 heterocycles. The lowest BCUT2D eigenvalue weighted by Crippen LogP contribution is -2.52. The number of benzene rings is 1. The number of nitrogens with two attached hydrogens (primary N) is 1. The Bertz CT molecular complexity index is 497. The number of ether oxygens (including phenoxy) is 1. The van der Waals surface area contributed by atoms with E-state index in [0.29, 0.717) is 26.2 Å². The van der Waals surface area contributed by atoms with Crippen LogP contribution in [0.1, 0.15) is 31.1 Å². The number of nitrogens with zero attached hydrogens (tertiary/aromatic N) is 1. The number of hydrogen-bond donors (Lipinski definition) is 2. The van der Waals surface area contributed by atoms with Crippen LogP contribution in [0.4, 0.5) is 4.79 Å². The van der Waals surface area contributed by atoms with E-state index in [1.54, 1.807) is 4.90 Å². The molecule has 1 fully saturated rings. The number of urea groups is 1. The molecule has 116 valence electrons. The van der Waals surface area contributed by atoms with Gasteiger partial charge >= 0.3 is 6.03 Å². The first-order valence-corrected chi connectivity index (χ1v) is 7.35. The molecule has 2 amide bonds. The van der Waals surface area contributed by atoms with Gasteiger partial charge in [-0.05, 0) is 31.9 Å². The average Bonchev–Trinajstić information content (AvgIpc) is 2.44. The van der Waals surface area contributed by atoms with Crippen molar-refractivity contribution in [3.8, 4) is 0 Å². The zero-order chi connectivity index (χ0) is 15.5. The second kappa shape index (κ2) is 6.45. The van der Waals surface area contributed by atoms with Crippen molar-refractivity contribution in [3.05, 3.63) is 35.4 Å². The van der Waals surface area contributed by atoms with Crippen LogP contribution in [0.2, 0.25) is 0 Å². The molecule has 1 aliphatic heterocycles. The summed E-state index contributed by atoms with van der Waals surface area (Å²) in [5, 5.41) is 2.89. The predicted octanol–water partition coefficient (Wildman–Crippen LogP) is 1.82. The van der Waals surface area contributed by atoms with Gasteiger partial charge in [-0.2, -0.15) is 0 Å². The first-order chi connectivity index (χ1) is 9.87. The van der Waals surface area contributed by atoms with Gasteiger partial charge in [0, 0.05) is 18.6 Å². The van der Waals surface area contributed by atoms with Crippen LogP contribution in [0.25, 0.3) is 0 Å². The van der Waals surface area contributed by atoms with Crippen molar-refractivity contribution in [3.63, 3.8) is 0 Å². The third-order valence-electron chi connectivity index (χ3n) is 3.58. The van der Waals surface area contributed by atoms with Gasteiger partial charge in [0.05, 0.1) is 13.2 Å². The van der Waals surface area contributed by atoms with Crippen LogP contribution >= 0.6 is 0 Å². The molecule has 1 atom stereocenters. The molecular weight excluding hydrogens is 266 g/mol. The van der Waals surface area contributed by atoms with Crippen LogP contribution < -0.4 is 11.1 Å². The quantitative estimate of drug-likeness (QED) is 0.892. The Morgan fingerprint density at radius 2 is 2.19 bits per heavy atom. The Balaban J connectivity index is 1.98. The minimum absolute atomic E-state index is 0.0587. The predicted molar refractivity (Wildman–Crippen MR) is 83.1 cm³/mol. The van der Waals surface area contributed by atoms with Crippen molar-refractivity contribution in [1.29, 1.82) is 0 Å². The summed E-state index contributed by atoms with van der Waals surface area (Å²) in [7, 11) is 0. The molecule has 2 rings (SSSR count). The lowest BCUT2D eigenvalue weighted by Gasteiger charge is -2.34. The highest BCUT2D eigenvalue weighted by Gasteiger charge is 2.26. The van der Waals surface area contributed by atoms with E-state index in [9.17, 15) is 4.79 Å². The van der Waals surface area contributed by atoms with Crippen molar-refractivity contribution in [2.75, 3.05) is 26.2 Å². The van der Waals surface area contributed by atoms with Gasteiger partial charge in [-0.25, -0.2) is 4.79 Å². The van der Waals surface area contributed by atoms with Crippen LogP contribution in [0.15, 0.2) is 24.3 Å². The minimum atomic E-state index is -0.405. The Hall–Kier alpha value is -1.59. The van der Waals surface area contributed by atoms with Gasteiger partial charge < -0.3 is 20.7 Å². The van der Waals surface area contributed by atoms with Crippen molar-refractivity contribution in [1.82, 2.24) is 10.2 Å². The van der Waals surface area contributed by atoms with Gasteiger partial charge in [0.15, 0.2) is 0 Å². The van der Waals surface area contributed by atoms with Gasteiger partial charge in [0.1, 0.15) is 6.10 Å². The van der Waals surface area contributed by atoms with Crippen LogP contribution in [0.3, 0.4) is 0 Å². The smallest absolute Gasteiger partial charge is 0.317 e. The van der Waals surface area contributed by atoms with E-state index in [1.165, 1.54) is 5.56 Å². The topological polar surface area (TPSA) is 67.6 Å². The molecule has 0 spiro atoms. The number of carbonyl (C=O) groups excluding carboxylic acids is 1. The Kier molecular flexibility index (Phi) is 4.85. The maximum atomic E-state index is 12.2. The molecule has 5 heteroatoms. The molecule has 1 aromatic rings. The second-order valence-corrected chi connectivity index (χ2v) is 6.31. The molecule has 0 radical (unpaired) electrons. The lowest BCUT2D eigenvalue weighted by atomic mass is 10.0. The summed E-state index contributed by atoms with van der Waals surface area (Å²) < 4.78 is 5.82. The molecule has 1 saturated heterocycles. The van der Waals surface area contributed by atoms with Gasteiger partial charge in [-0.15, -0.1) is 0 Å². The van der Waals surface area contributed by atoms with E-state index in [0.717, 1.165) is 5.56 Å². The summed E-state index contributed by atoms with van der Waals surface area (Å²) in [5.74, 6) is 0. The van der Waals surface area contributed by atoms with E-state index < -0.39 is 5.54 Å². The maximum absolute atomic E-state index is 12.2. The monoisotopic (exact) mass is 291 g/mol. The highest BCUT2D eigenvalue weighted by atomic mass is 16.5. The summed E-state index contributed by atoms with van der Waals surface area (Å²) in [6.07, 6.45) is -0.0587. The summed E-state index contributed by atoms with van der Waals surface area (Å²) in [5.41, 5.74) is 7.82. The van der Waals surface area contributed by atoms with Gasteiger partial charge in [0.25, 0.3) is 0 Å². The highest BCUT2D eigenvalue weighted by molar-refractivity contribution is 5.74. The molecule has 1 unspecified atom stereocenters. The maximum Gasteiger partial charge on any atom is 0.317 e. The molecule has 0 aromatic heterocycles. The summed E-state index contributed by atoms with van der Waals surface area (Å²) >= 11 is 0. The van der Waals surface area contributed by atoms with Crippen LogP contribution in [-0.4, -0.2) is 42.7 Å². The zero-order valence-corrected chi connectivity index (χ0v) is 13.1. The molecular formula is C16H25N3O2. The van der Waals surface area contributed by atoms with Crippen LogP contribution in [0.5, 0.6) is 0 Å². The summed E-state index contributed by atoms with van der Waals surface area (Å²) in [4.78, 5) is 14.0. The fourth-order valence-electron chi connectivity index (χ4n) is 2.39. The number of hydrogen-bond acceptors (Lipinski definition) is 3. The van der Waals surface area contributed by atoms with Crippen LogP contribution in [-0.2, 0) is 4.74 Å². The molecule has 1 aliphatic rings. The zero-order valence-electron chi connectivity index (χ0n) is 13.1. The van der Waals surface area contributed by atoms with E-state index >= 15 is 0 Å². The van der Waals surface area contributed by atoms with Gasteiger partial charge in [0.2, 0.25) is 0 Å². The highest BCUT2D eigenvalue weighted by Crippen LogP contribution is 2.24. The largest absolute Gasteiger partial charge is 0.370 e. The third-order valence-corrected chi connectivity index (χ3v) is 3.58. The van der Waals surface area contributed by atoms with Crippen molar-refractivity contribution in [2.24, 2.45) is 5.73 Å². The molecule has 21 heavy (non-hydrogen) atoms. The normalized spacial score (nSPS) is 19.4. The molecule has 5 nitrogen and oxygen atoms in total. The first-order valence-electron chi connectivity index (χ1n) is 7.35. The average molecular weight is 291 g/mol. The Labute approximate surface area is 126 Å². The lowest BCUT2D eigenvalue weighted by molar-refractivity contribution is -0.0158. The fourth-order valence-corrected chi connectivity index (χ4v) is 2.39. The Morgan fingerprint density at radius 3 is 2.86 bits per heavy atom. The number of morpholine rings is 1. The number of rotatable bonds is 3. The number of carbonyl (C=O) groups is 1. The second-order valence-electron chi connectivity index (χ2n) is 6.31.